The number of hydrogen-bond donors (Lipinski definition) is 0. The number of hydrogen-bond acceptors (Lipinski definition) is 2. The van der Waals surface area contributed by atoms with E-state index in [0.717, 1.165) is 24.3 Å². The molecule has 1 unspecified atom stereocenters. The minimum absolute atomic E-state index is 0.134. The third-order valence-electron chi connectivity index (χ3n) is 3.63. The van der Waals surface area contributed by atoms with E-state index in [4.69, 9.17) is 9.47 Å². The van der Waals surface area contributed by atoms with Crippen molar-refractivity contribution in [2.24, 2.45) is 0 Å². The van der Waals surface area contributed by atoms with E-state index in [0.29, 0.717) is 6.61 Å². The van der Waals surface area contributed by atoms with Crippen LogP contribution in [0.2, 0.25) is 0 Å². The predicted molar refractivity (Wildman–Crippen MR) is 80.6 cm³/mol. The fourth-order valence-electron chi connectivity index (χ4n) is 2.42. The number of ether oxygens (including phenoxy) is 2. The van der Waals surface area contributed by atoms with Crippen molar-refractivity contribution in [3.63, 3.8) is 0 Å². The van der Waals surface area contributed by atoms with Crippen LogP contribution in [-0.4, -0.2) is 12.7 Å². The van der Waals surface area contributed by atoms with Crippen LogP contribution in [0.5, 0.6) is 11.5 Å². The fraction of sp³-hybridized carbons (Fsp3) is 0.333. The Bertz CT molecular complexity index is 587. The van der Waals surface area contributed by atoms with Gasteiger partial charge in [0.15, 0.2) is 11.5 Å². The summed E-state index contributed by atoms with van der Waals surface area (Å²) in [7, 11) is 0. The summed E-state index contributed by atoms with van der Waals surface area (Å²) in [5.41, 5.74) is 3.97. The summed E-state index contributed by atoms with van der Waals surface area (Å²) >= 11 is 0. The third kappa shape index (κ3) is 2.96. The summed E-state index contributed by atoms with van der Waals surface area (Å²) in [4.78, 5) is 0. The van der Waals surface area contributed by atoms with E-state index in [2.05, 4.69) is 43.3 Å². The van der Waals surface area contributed by atoms with Gasteiger partial charge in [0.25, 0.3) is 0 Å². The summed E-state index contributed by atoms with van der Waals surface area (Å²) < 4.78 is 11.5. The Morgan fingerprint density at radius 3 is 2.45 bits per heavy atom. The lowest BCUT2D eigenvalue weighted by atomic mass is 10.0. The summed E-state index contributed by atoms with van der Waals surface area (Å²) in [6.07, 6.45) is 2.21. The van der Waals surface area contributed by atoms with Crippen LogP contribution in [0, 0.1) is 6.92 Å². The average Bonchev–Trinajstić information content (AvgIpc) is 2.46. The molecule has 2 aromatic carbocycles. The molecule has 1 heterocycles. The van der Waals surface area contributed by atoms with Crippen molar-refractivity contribution < 1.29 is 9.47 Å². The largest absolute Gasteiger partial charge is 0.486 e. The normalized spacial score (nSPS) is 17.0. The highest BCUT2D eigenvalue weighted by atomic mass is 16.6. The lowest BCUT2D eigenvalue weighted by Crippen LogP contribution is -2.25. The summed E-state index contributed by atoms with van der Waals surface area (Å²) in [5.74, 6) is 1.74. The summed E-state index contributed by atoms with van der Waals surface area (Å²) in [5, 5.41) is 0. The van der Waals surface area contributed by atoms with Gasteiger partial charge < -0.3 is 9.47 Å². The van der Waals surface area contributed by atoms with Crippen molar-refractivity contribution in [1.29, 1.82) is 0 Å². The van der Waals surface area contributed by atoms with Crippen molar-refractivity contribution in [3.05, 3.63) is 59.2 Å². The zero-order chi connectivity index (χ0) is 13.9. The van der Waals surface area contributed by atoms with Gasteiger partial charge in [-0.15, -0.1) is 0 Å². The molecule has 0 amide bonds. The molecule has 1 atom stereocenters. The van der Waals surface area contributed by atoms with Crippen LogP contribution in [0.1, 0.15) is 23.6 Å². The molecule has 0 N–H and O–H groups in total. The van der Waals surface area contributed by atoms with Crippen molar-refractivity contribution >= 4 is 0 Å². The predicted octanol–water partition coefficient (Wildman–Crippen LogP) is 3.94. The van der Waals surface area contributed by atoms with Gasteiger partial charge in [0.2, 0.25) is 0 Å². The van der Waals surface area contributed by atoms with Crippen LogP contribution < -0.4 is 9.47 Å². The Morgan fingerprint density at radius 1 is 0.950 bits per heavy atom. The molecule has 104 valence electrons. The second kappa shape index (κ2) is 5.58. The van der Waals surface area contributed by atoms with Crippen molar-refractivity contribution in [3.8, 4) is 11.5 Å². The Balaban J connectivity index is 1.69. The summed E-state index contributed by atoms with van der Waals surface area (Å²) in [6.45, 7) is 4.78. The van der Waals surface area contributed by atoms with Crippen molar-refractivity contribution in [2.45, 2.75) is 32.8 Å². The smallest absolute Gasteiger partial charge is 0.162 e. The van der Waals surface area contributed by atoms with Crippen LogP contribution in [0.25, 0.3) is 0 Å². The average molecular weight is 268 g/mol. The number of benzene rings is 2. The SMILES string of the molecule is Cc1ccc(CCc2ccc3c(c2)OC(C)CO3)cc1. The zero-order valence-electron chi connectivity index (χ0n) is 12.1. The van der Waals surface area contributed by atoms with Crippen LogP contribution in [0.4, 0.5) is 0 Å². The maximum Gasteiger partial charge on any atom is 0.162 e. The molecule has 2 nitrogen and oxygen atoms in total. The molecule has 0 radical (unpaired) electrons. The van der Waals surface area contributed by atoms with Gasteiger partial charge in [-0.3, -0.25) is 0 Å². The molecule has 1 aliphatic heterocycles. The molecular formula is C18H20O2. The van der Waals surface area contributed by atoms with Gasteiger partial charge in [0, 0.05) is 0 Å². The van der Waals surface area contributed by atoms with Crippen LogP contribution in [0.15, 0.2) is 42.5 Å². The van der Waals surface area contributed by atoms with Gasteiger partial charge in [0.05, 0.1) is 0 Å². The number of aryl methyl sites for hydroxylation is 3. The number of fused-ring (bicyclic) bond motifs is 1. The highest BCUT2D eigenvalue weighted by Crippen LogP contribution is 2.32. The Labute approximate surface area is 120 Å². The van der Waals surface area contributed by atoms with Gasteiger partial charge in [0.1, 0.15) is 12.7 Å². The molecule has 0 aliphatic carbocycles. The first-order chi connectivity index (χ1) is 9.70. The van der Waals surface area contributed by atoms with Crippen LogP contribution >= 0.6 is 0 Å². The monoisotopic (exact) mass is 268 g/mol. The van der Waals surface area contributed by atoms with E-state index < -0.39 is 0 Å². The van der Waals surface area contributed by atoms with E-state index in [1.165, 1.54) is 16.7 Å². The first-order valence-electron chi connectivity index (χ1n) is 7.18. The minimum Gasteiger partial charge on any atom is -0.486 e. The molecule has 3 rings (SSSR count). The number of rotatable bonds is 3. The highest BCUT2D eigenvalue weighted by molar-refractivity contribution is 5.44. The Hall–Kier alpha value is -1.96. The van der Waals surface area contributed by atoms with Gasteiger partial charge in [-0.1, -0.05) is 35.9 Å². The van der Waals surface area contributed by atoms with Gasteiger partial charge in [-0.05, 0) is 49.9 Å². The Kier molecular flexibility index (Phi) is 3.64. The molecule has 0 aromatic heterocycles. The molecule has 0 fully saturated rings. The fourth-order valence-corrected chi connectivity index (χ4v) is 2.42. The van der Waals surface area contributed by atoms with Gasteiger partial charge in [-0.25, -0.2) is 0 Å². The molecule has 0 saturated heterocycles. The molecule has 0 saturated carbocycles. The molecular weight excluding hydrogens is 248 g/mol. The van der Waals surface area contributed by atoms with Crippen molar-refractivity contribution in [1.82, 2.24) is 0 Å². The molecule has 2 heteroatoms. The topological polar surface area (TPSA) is 18.5 Å². The maximum atomic E-state index is 5.82. The molecule has 0 bridgehead atoms. The summed E-state index contributed by atoms with van der Waals surface area (Å²) in [6, 6.07) is 15.0. The molecule has 20 heavy (non-hydrogen) atoms. The first kappa shape index (κ1) is 13.0. The van der Waals surface area contributed by atoms with Crippen LogP contribution in [-0.2, 0) is 12.8 Å². The first-order valence-corrected chi connectivity index (χ1v) is 7.18. The van der Waals surface area contributed by atoms with E-state index in [-0.39, 0.29) is 6.10 Å². The highest BCUT2D eigenvalue weighted by Gasteiger charge is 2.17. The lowest BCUT2D eigenvalue weighted by molar-refractivity contribution is 0.104. The molecule has 2 aromatic rings. The Morgan fingerprint density at radius 2 is 1.65 bits per heavy atom. The quantitative estimate of drug-likeness (QED) is 0.839. The van der Waals surface area contributed by atoms with Crippen molar-refractivity contribution in [2.75, 3.05) is 6.61 Å². The third-order valence-corrected chi connectivity index (χ3v) is 3.63. The van der Waals surface area contributed by atoms with E-state index in [9.17, 15) is 0 Å². The molecule has 0 spiro atoms. The van der Waals surface area contributed by atoms with Gasteiger partial charge in [-0.2, -0.15) is 0 Å². The van der Waals surface area contributed by atoms with E-state index in [1.807, 2.05) is 13.0 Å². The van der Waals surface area contributed by atoms with Gasteiger partial charge >= 0.3 is 0 Å². The second-order valence-electron chi connectivity index (χ2n) is 5.51. The maximum absolute atomic E-state index is 5.82. The van der Waals surface area contributed by atoms with Crippen LogP contribution in [0.3, 0.4) is 0 Å². The second-order valence-corrected chi connectivity index (χ2v) is 5.51. The zero-order valence-corrected chi connectivity index (χ0v) is 12.1. The van der Waals surface area contributed by atoms with E-state index in [1.54, 1.807) is 0 Å². The minimum atomic E-state index is 0.134. The lowest BCUT2D eigenvalue weighted by Gasteiger charge is -2.24. The molecule has 1 aliphatic rings. The van der Waals surface area contributed by atoms with E-state index >= 15 is 0 Å². The standard InChI is InChI=1S/C18H20O2/c1-13-3-5-15(6-4-13)7-8-16-9-10-17-18(11-16)20-14(2)12-19-17/h3-6,9-11,14H,7-8,12H2,1-2H3.